The van der Waals surface area contributed by atoms with Crippen molar-refractivity contribution in [3.8, 4) is 0 Å². The smallest absolute Gasteiger partial charge is 0.211 e. The summed E-state index contributed by atoms with van der Waals surface area (Å²) in [5.74, 6) is 0. The van der Waals surface area contributed by atoms with Crippen LogP contribution in [0.2, 0.25) is 0 Å². The first-order valence-corrected chi connectivity index (χ1v) is 8.30. The average Bonchev–Trinajstić information content (AvgIpc) is 2.66. The van der Waals surface area contributed by atoms with Crippen LogP contribution in [0, 0.1) is 6.92 Å². The molecule has 0 bridgehead atoms. The summed E-state index contributed by atoms with van der Waals surface area (Å²) >= 11 is 1.58. The van der Waals surface area contributed by atoms with Crippen LogP contribution in [0.3, 0.4) is 0 Å². The van der Waals surface area contributed by atoms with Crippen molar-refractivity contribution in [3.63, 3.8) is 0 Å². The van der Waals surface area contributed by atoms with Gasteiger partial charge in [0.15, 0.2) is 0 Å². The minimum atomic E-state index is -3.11. The van der Waals surface area contributed by atoms with Crippen LogP contribution in [0.1, 0.15) is 16.1 Å². The summed E-state index contributed by atoms with van der Waals surface area (Å²) in [5.41, 5.74) is 2.21. The SMILES string of the molecule is Cc1ncnc2sc3c(c12)CCN(S(C)(=O)=O)C3. The van der Waals surface area contributed by atoms with E-state index in [1.165, 1.54) is 16.1 Å². The fourth-order valence-electron chi connectivity index (χ4n) is 2.35. The molecule has 0 fully saturated rings. The highest BCUT2D eigenvalue weighted by Gasteiger charge is 2.27. The standard InChI is InChI=1S/C11H13N3O2S2/c1-7-10-8-3-4-14(18(2,15)16)5-9(8)17-11(10)13-6-12-7/h6H,3-5H2,1-2H3. The molecule has 2 aromatic heterocycles. The molecule has 0 saturated carbocycles. The predicted octanol–water partition coefficient (Wildman–Crippen LogP) is 1.32. The van der Waals surface area contributed by atoms with E-state index in [0.29, 0.717) is 13.1 Å². The van der Waals surface area contributed by atoms with E-state index in [9.17, 15) is 8.42 Å². The van der Waals surface area contributed by atoms with Crippen molar-refractivity contribution in [2.24, 2.45) is 0 Å². The summed E-state index contributed by atoms with van der Waals surface area (Å²) < 4.78 is 24.7. The van der Waals surface area contributed by atoms with Crippen molar-refractivity contribution < 1.29 is 8.42 Å². The second kappa shape index (κ2) is 3.97. The summed E-state index contributed by atoms with van der Waals surface area (Å²) in [6, 6.07) is 0. The second-order valence-electron chi connectivity index (χ2n) is 4.49. The molecule has 0 spiro atoms. The molecule has 0 amide bonds. The van der Waals surface area contributed by atoms with Gasteiger partial charge in [0.1, 0.15) is 11.2 Å². The number of aromatic nitrogens is 2. The van der Waals surface area contributed by atoms with Gasteiger partial charge in [0.2, 0.25) is 10.0 Å². The Morgan fingerprint density at radius 1 is 1.39 bits per heavy atom. The van der Waals surface area contributed by atoms with E-state index in [1.54, 1.807) is 17.7 Å². The van der Waals surface area contributed by atoms with Crippen LogP contribution in [0.25, 0.3) is 10.2 Å². The van der Waals surface area contributed by atoms with Crippen LogP contribution in [0.5, 0.6) is 0 Å². The monoisotopic (exact) mass is 283 g/mol. The molecule has 7 heteroatoms. The minimum Gasteiger partial charge on any atom is -0.241 e. The zero-order valence-corrected chi connectivity index (χ0v) is 11.8. The molecule has 1 aliphatic rings. The van der Waals surface area contributed by atoms with E-state index < -0.39 is 10.0 Å². The van der Waals surface area contributed by atoms with Crippen molar-refractivity contribution in [1.82, 2.24) is 14.3 Å². The number of sulfonamides is 1. The van der Waals surface area contributed by atoms with Gasteiger partial charge in [0, 0.05) is 29.0 Å². The zero-order valence-electron chi connectivity index (χ0n) is 10.2. The molecule has 0 unspecified atom stereocenters. The maximum atomic E-state index is 11.6. The quantitative estimate of drug-likeness (QED) is 0.792. The van der Waals surface area contributed by atoms with Gasteiger partial charge in [0.25, 0.3) is 0 Å². The molecule has 96 valence electrons. The molecule has 5 nitrogen and oxygen atoms in total. The molecule has 0 saturated heterocycles. The Kier molecular flexibility index (Phi) is 2.65. The summed E-state index contributed by atoms with van der Waals surface area (Å²) in [7, 11) is -3.11. The Morgan fingerprint density at radius 2 is 2.17 bits per heavy atom. The van der Waals surface area contributed by atoms with Crippen molar-refractivity contribution in [1.29, 1.82) is 0 Å². The molecular formula is C11H13N3O2S2. The number of nitrogens with zero attached hydrogens (tertiary/aromatic N) is 3. The van der Waals surface area contributed by atoms with Gasteiger partial charge in [-0.25, -0.2) is 18.4 Å². The Morgan fingerprint density at radius 3 is 2.89 bits per heavy atom. The van der Waals surface area contributed by atoms with Crippen LogP contribution < -0.4 is 0 Å². The Labute approximate surface area is 110 Å². The molecule has 0 radical (unpaired) electrons. The zero-order chi connectivity index (χ0) is 12.9. The second-order valence-corrected chi connectivity index (χ2v) is 7.56. The first-order chi connectivity index (χ1) is 8.47. The van der Waals surface area contributed by atoms with Crippen molar-refractivity contribution in [3.05, 3.63) is 22.5 Å². The van der Waals surface area contributed by atoms with Gasteiger partial charge >= 0.3 is 0 Å². The van der Waals surface area contributed by atoms with Gasteiger partial charge in [0.05, 0.1) is 6.26 Å². The molecule has 2 aromatic rings. The molecule has 1 aliphatic heterocycles. The number of hydrogen-bond acceptors (Lipinski definition) is 5. The number of hydrogen-bond donors (Lipinski definition) is 0. The van der Waals surface area contributed by atoms with E-state index in [1.807, 2.05) is 6.92 Å². The summed E-state index contributed by atoms with van der Waals surface area (Å²) in [6.45, 7) is 2.99. The molecule has 0 aliphatic carbocycles. The topological polar surface area (TPSA) is 63.2 Å². The predicted molar refractivity (Wildman–Crippen MR) is 71.1 cm³/mol. The van der Waals surface area contributed by atoms with E-state index in [-0.39, 0.29) is 0 Å². The lowest BCUT2D eigenvalue weighted by molar-refractivity contribution is 0.400. The molecular weight excluding hydrogens is 270 g/mol. The molecule has 0 N–H and O–H groups in total. The summed E-state index contributed by atoms with van der Waals surface area (Å²) in [4.78, 5) is 10.6. The van der Waals surface area contributed by atoms with Crippen LogP contribution in [0.15, 0.2) is 6.33 Å². The lowest BCUT2D eigenvalue weighted by Gasteiger charge is -2.24. The maximum Gasteiger partial charge on any atom is 0.211 e. The Hall–Kier alpha value is -1.05. The highest BCUT2D eigenvalue weighted by molar-refractivity contribution is 7.88. The fourth-order valence-corrected chi connectivity index (χ4v) is 4.47. The van der Waals surface area contributed by atoms with Gasteiger partial charge in [-0.3, -0.25) is 0 Å². The lowest BCUT2D eigenvalue weighted by Crippen LogP contribution is -2.34. The fraction of sp³-hybridized carbons (Fsp3) is 0.455. The molecule has 3 rings (SSSR count). The highest BCUT2D eigenvalue weighted by Crippen LogP contribution is 2.35. The molecule has 3 heterocycles. The number of aryl methyl sites for hydroxylation is 1. The lowest BCUT2D eigenvalue weighted by atomic mass is 10.1. The Bertz CT molecular complexity index is 721. The van der Waals surface area contributed by atoms with Gasteiger partial charge in [-0.2, -0.15) is 4.31 Å². The van der Waals surface area contributed by atoms with Gasteiger partial charge in [-0.15, -0.1) is 11.3 Å². The molecule has 0 aromatic carbocycles. The third-order valence-corrected chi connectivity index (χ3v) is 5.63. The van der Waals surface area contributed by atoms with E-state index in [0.717, 1.165) is 27.2 Å². The van der Waals surface area contributed by atoms with Crippen LogP contribution in [0.4, 0.5) is 0 Å². The normalized spacial score (nSPS) is 17.0. The van der Waals surface area contributed by atoms with Crippen LogP contribution in [-0.4, -0.2) is 35.5 Å². The third kappa shape index (κ3) is 1.82. The minimum absolute atomic E-state index is 0.467. The van der Waals surface area contributed by atoms with Crippen molar-refractivity contribution >= 4 is 31.6 Å². The van der Waals surface area contributed by atoms with Gasteiger partial charge < -0.3 is 0 Å². The summed E-state index contributed by atoms with van der Waals surface area (Å²) in [6.07, 6.45) is 3.57. The molecule has 18 heavy (non-hydrogen) atoms. The first-order valence-electron chi connectivity index (χ1n) is 5.64. The van der Waals surface area contributed by atoms with E-state index in [2.05, 4.69) is 9.97 Å². The van der Waals surface area contributed by atoms with Crippen molar-refractivity contribution in [2.75, 3.05) is 12.8 Å². The van der Waals surface area contributed by atoms with E-state index in [4.69, 9.17) is 0 Å². The molecule has 0 atom stereocenters. The van der Waals surface area contributed by atoms with Crippen molar-refractivity contribution in [2.45, 2.75) is 19.9 Å². The van der Waals surface area contributed by atoms with Gasteiger partial charge in [-0.1, -0.05) is 0 Å². The van der Waals surface area contributed by atoms with Crippen LogP contribution in [-0.2, 0) is 23.0 Å². The first kappa shape index (κ1) is 12.0. The Balaban J connectivity index is 2.14. The largest absolute Gasteiger partial charge is 0.241 e. The van der Waals surface area contributed by atoms with E-state index >= 15 is 0 Å². The van der Waals surface area contributed by atoms with Crippen LogP contribution >= 0.6 is 11.3 Å². The number of thiophene rings is 1. The summed E-state index contributed by atoms with van der Waals surface area (Å²) in [5, 5.41) is 1.12. The van der Waals surface area contributed by atoms with Gasteiger partial charge in [-0.05, 0) is 18.9 Å². The highest BCUT2D eigenvalue weighted by atomic mass is 32.2. The maximum absolute atomic E-state index is 11.6. The number of rotatable bonds is 1. The average molecular weight is 283 g/mol. The number of fused-ring (bicyclic) bond motifs is 3. The third-order valence-electron chi connectivity index (χ3n) is 3.26.